The summed E-state index contributed by atoms with van der Waals surface area (Å²) in [6, 6.07) is 8.50. The highest BCUT2D eigenvalue weighted by Gasteiger charge is 2.32. The minimum atomic E-state index is -0.640. The van der Waals surface area contributed by atoms with Gasteiger partial charge in [-0.3, -0.25) is 19.7 Å². The van der Waals surface area contributed by atoms with E-state index in [2.05, 4.69) is 4.98 Å². The van der Waals surface area contributed by atoms with Crippen LogP contribution in [0.5, 0.6) is 0 Å². The number of amides is 2. The summed E-state index contributed by atoms with van der Waals surface area (Å²) in [7, 11) is 0. The first kappa shape index (κ1) is 25.4. The van der Waals surface area contributed by atoms with Crippen molar-refractivity contribution in [2.45, 2.75) is 44.7 Å². The number of carbonyl (C=O) groups excluding carboxylic acids is 2. The van der Waals surface area contributed by atoms with Crippen molar-refractivity contribution < 1.29 is 18.7 Å². The van der Waals surface area contributed by atoms with E-state index in [1.165, 1.54) is 17.2 Å². The van der Waals surface area contributed by atoms with Gasteiger partial charge in [0.05, 0.1) is 29.9 Å². The number of carbonyl (C=O) groups is 2. The van der Waals surface area contributed by atoms with Crippen LogP contribution in [0.3, 0.4) is 0 Å². The molecule has 0 spiro atoms. The molecule has 10 heteroatoms. The Morgan fingerprint density at radius 3 is 2.81 bits per heavy atom. The number of hydrogen-bond acceptors (Lipinski definition) is 6. The summed E-state index contributed by atoms with van der Waals surface area (Å²) < 4.78 is 18.5. The molecule has 1 fully saturated rings. The molecule has 5 rings (SSSR count). The van der Waals surface area contributed by atoms with Crippen molar-refractivity contribution in [3.8, 4) is 0 Å². The molecule has 1 aromatic carbocycles. The van der Waals surface area contributed by atoms with Crippen molar-refractivity contribution >= 4 is 34.5 Å². The quantitative estimate of drug-likeness (QED) is 0.545. The van der Waals surface area contributed by atoms with E-state index in [0.717, 1.165) is 41.6 Å². The molecule has 1 saturated heterocycles. The van der Waals surface area contributed by atoms with Crippen molar-refractivity contribution in [1.29, 1.82) is 0 Å². The Morgan fingerprint density at radius 2 is 2.08 bits per heavy atom. The van der Waals surface area contributed by atoms with E-state index in [4.69, 9.17) is 27.1 Å². The van der Waals surface area contributed by atoms with Crippen LogP contribution in [0.4, 0.5) is 9.18 Å². The first-order chi connectivity index (χ1) is 17.9. The summed E-state index contributed by atoms with van der Waals surface area (Å²) in [6.07, 6.45) is 3.13. The minimum absolute atomic E-state index is 0.126. The molecule has 2 N–H and O–H groups in total. The van der Waals surface area contributed by atoms with Crippen LogP contribution < -0.4 is 5.73 Å². The van der Waals surface area contributed by atoms with Crippen LogP contribution in [-0.4, -0.2) is 64.2 Å². The van der Waals surface area contributed by atoms with Crippen molar-refractivity contribution in [2.24, 2.45) is 5.73 Å². The molecule has 194 valence electrons. The molecule has 3 aromatic rings. The lowest BCUT2D eigenvalue weighted by Gasteiger charge is -2.38. The Balaban J connectivity index is 1.35. The number of nitrogens with zero attached hydrogens (tertiary/aromatic N) is 4. The van der Waals surface area contributed by atoms with Crippen LogP contribution in [-0.2, 0) is 17.6 Å². The van der Waals surface area contributed by atoms with Crippen molar-refractivity contribution in [2.75, 3.05) is 26.2 Å². The summed E-state index contributed by atoms with van der Waals surface area (Å²) >= 11 is 6.79. The summed E-state index contributed by atoms with van der Waals surface area (Å²) in [5, 5.41) is 1.46. The number of rotatable bonds is 4. The van der Waals surface area contributed by atoms with Crippen LogP contribution in [0.15, 0.2) is 36.5 Å². The van der Waals surface area contributed by atoms with E-state index in [0.29, 0.717) is 42.2 Å². The van der Waals surface area contributed by atoms with Gasteiger partial charge in [-0.05, 0) is 55.5 Å². The van der Waals surface area contributed by atoms with Gasteiger partial charge in [0, 0.05) is 41.3 Å². The summed E-state index contributed by atoms with van der Waals surface area (Å²) in [5.41, 5.74) is 10.1. The standard InChI is InChI=1S/C27H29ClFN5O3/c1-2-11-37-27(36)34-10-9-33(15-24(34)30)26(35)17-4-7-20-23(13-17)32-22-12-16(3-6-19(22)25(20)28)21-8-5-18(29)14-31-21/h4-5,7-8,13-14,16,24H,2-3,6,9-12,15,30H2,1H3. The third kappa shape index (κ3) is 5.10. The molecule has 2 aliphatic rings. The second-order valence-electron chi connectivity index (χ2n) is 9.55. The van der Waals surface area contributed by atoms with E-state index >= 15 is 0 Å². The third-order valence-corrected chi connectivity index (χ3v) is 7.50. The number of halogens is 2. The summed E-state index contributed by atoms with van der Waals surface area (Å²) in [6.45, 7) is 3.13. The molecule has 8 nitrogen and oxygen atoms in total. The molecule has 2 atom stereocenters. The molecule has 37 heavy (non-hydrogen) atoms. The van der Waals surface area contributed by atoms with Gasteiger partial charge in [0.15, 0.2) is 0 Å². The van der Waals surface area contributed by atoms with Gasteiger partial charge >= 0.3 is 6.09 Å². The van der Waals surface area contributed by atoms with Crippen molar-refractivity contribution in [3.05, 3.63) is 69.9 Å². The molecule has 0 saturated carbocycles. The van der Waals surface area contributed by atoms with Crippen LogP contribution in [0.25, 0.3) is 10.9 Å². The summed E-state index contributed by atoms with van der Waals surface area (Å²) in [5.74, 6) is -0.410. The van der Waals surface area contributed by atoms with Gasteiger partial charge in [-0.2, -0.15) is 0 Å². The van der Waals surface area contributed by atoms with Gasteiger partial charge in [0.2, 0.25) is 0 Å². The number of fused-ring (bicyclic) bond motifs is 2. The predicted molar refractivity (Wildman–Crippen MR) is 138 cm³/mol. The lowest BCUT2D eigenvalue weighted by atomic mass is 9.84. The average molecular weight is 526 g/mol. The smallest absolute Gasteiger partial charge is 0.411 e. The van der Waals surface area contributed by atoms with E-state index in [9.17, 15) is 14.0 Å². The predicted octanol–water partition coefficient (Wildman–Crippen LogP) is 4.28. The van der Waals surface area contributed by atoms with Gasteiger partial charge < -0.3 is 15.4 Å². The summed E-state index contributed by atoms with van der Waals surface area (Å²) in [4.78, 5) is 37.8. The van der Waals surface area contributed by atoms with E-state index in [1.807, 2.05) is 13.0 Å². The lowest BCUT2D eigenvalue weighted by Crippen LogP contribution is -2.60. The van der Waals surface area contributed by atoms with Crippen LogP contribution >= 0.6 is 11.6 Å². The first-order valence-electron chi connectivity index (χ1n) is 12.6. The van der Waals surface area contributed by atoms with E-state index < -0.39 is 12.3 Å². The van der Waals surface area contributed by atoms with Gasteiger partial charge in [-0.15, -0.1) is 0 Å². The van der Waals surface area contributed by atoms with Gasteiger partial charge in [0.1, 0.15) is 12.0 Å². The third-order valence-electron chi connectivity index (χ3n) is 7.07. The highest BCUT2D eigenvalue weighted by Crippen LogP contribution is 2.37. The zero-order valence-electron chi connectivity index (χ0n) is 20.6. The number of nitrogens with two attached hydrogens (primary N) is 1. The van der Waals surface area contributed by atoms with Gasteiger partial charge in [-0.1, -0.05) is 24.6 Å². The average Bonchev–Trinajstić information content (AvgIpc) is 2.91. The topological polar surface area (TPSA) is 102 Å². The maximum absolute atomic E-state index is 13.3. The van der Waals surface area contributed by atoms with E-state index in [1.54, 1.807) is 23.1 Å². The van der Waals surface area contributed by atoms with Crippen molar-refractivity contribution in [3.63, 3.8) is 0 Å². The number of pyridine rings is 2. The molecule has 1 aliphatic heterocycles. The SMILES string of the molecule is CCCOC(=O)N1CCN(C(=O)c2ccc3c(Cl)c4c(nc3c2)CC(c2ccc(F)cn2)CC4)CC1N. The molecule has 0 radical (unpaired) electrons. The lowest BCUT2D eigenvalue weighted by molar-refractivity contribution is 0.0390. The zero-order valence-corrected chi connectivity index (χ0v) is 21.4. The Morgan fingerprint density at radius 1 is 1.24 bits per heavy atom. The minimum Gasteiger partial charge on any atom is -0.449 e. The molecule has 2 aromatic heterocycles. The van der Waals surface area contributed by atoms with Crippen LogP contribution in [0.1, 0.15) is 53.0 Å². The highest BCUT2D eigenvalue weighted by atomic mass is 35.5. The molecule has 1 aliphatic carbocycles. The Kier molecular flexibility index (Phi) is 7.26. The largest absolute Gasteiger partial charge is 0.449 e. The molecular formula is C27H29ClFN5O3. The van der Waals surface area contributed by atoms with Crippen LogP contribution in [0, 0.1) is 5.82 Å². The molecule has 0 bridgehead atoms. The fourth-order valence-electron chi connectivity index (χ4n) is 5.08. The second-order valence-corrected chi connectivity index (χ2v) is 9.93. The number of aromatic nitrogens is 2. The Labute approximate surface area is 219 Å². The maximum atomic E-state index is 13.3. The molecule has 2 amide bonds. The number of piperazine rings is 1. The monoisotopic (exact) mass is 525 g/mol. The number of hydrogen-bond donors (Lipinski definition) is 1. The van der Waals surface area contributed by atoms with Crippen molar-refractivity contribution in [1.82, 2.24) is 19.8 Å². The number of ether oxygens (including phenoxy) is 1. The van der Waals surface area contributed by atoms with Crippen LogP contribution in [0.2, 0.25) is 5.02 Å². The van der Waals surface area contributed by atoms with Gasteiger partial charge in [-0.25, -0.2) is 9.18 Å². The molecule has 3 heterocycles. The Bertz CT molecular complexity index is 1340. The fourth-order valence-corrected chi connectivity index (χ4v) is 5.44. The molecule has 2 unspecified atom stereocenters. The first-order valence-corrected chi connectivity index (χ1v) is 12.9. The zero-order chi connectivity index (χ0) is 26.1. The normalized spacial score (nSPS) is 19.6. The fraction of sp³-hybridized carbons (Fsp3) is 0.407. The second kappa shape index (κ2) is 10.6. The number of benzene rings is 1. The highest BCUT2D eigenvalue weighted by molar-refractivity contribution is 6.36. The van der Waals surface area contributed by atoms with E-state index in [-0.39, 0.29) is 24.2 Å². The van der Waals surface area contributed by atoms with Gasteiger partial charge in [0.25, 0.3) is 5.91 Å². The molecular weight excluding hydrogens is 497 g/mol. The Hall–Kier alpha value is -3.30. The maximum Gasteiger partial charge on any atom is 0.411 e.